The van der Waals surface area contributed by atoms with E-state index >= 15 is 0 Å². The van der Waals surface area contributed by atoms with E-state index in [0.717, 1.165) is 39.1 Å². The Bertz CT molecular complexity index is 445. The molecular formula is C14H22N4O2. The lowest BCUT2D eigenvalue weighted by molar-refractivity contribution is 0.0608. The van der Waals surface area contributed by atoms with E-state index in [4.69, 9.17) is 4.74 Å². The molecule has 0 unspecified atom stereocenters. The Morgan fingerprint density at radius 3 is 2.85 bits per heavy atom. The number of aromatic nitrogens is 2. The topological polar surface area (TPSA) is 67.4 Å². The van der Waals surface area contributed by atoms with E-state index in [0.29, 0.717) is 17.4 Å². The quantitative estimate of drug-likeness (QED) is 0.882. The summed E-state index contributed by atoms with van der Waals surface area (Å²) in [7, 11) is 1.72. The summed E-state index contributed by atoms with van der Waals surface area (Å²) in [5.74, 6) is 1.17. The van der Waals surface area contributed by atoms with Crippen LogP contribution in [0.5, 0.6) is 0 Å². The van der Waals surface area contributed by atoms with Crippen molar-refractivity contribution in [2.45, 2.75) is 19.8 Å². The first-order valence-electron chi connectivity index (χ1n) is 7.08. The molecule has 1 N–H and O–H groups in total. The molecule has 6 nitrogen and oxygen atoms in total. The molecular weight excluding hydrogens is 256 g/mol. The highest BCUT2D eigenvalue weighted by atomic mass is 16.5. The number of nitrogens with one attached hydrogen (secondary N) is 1. The molecule has 1 amide bonds. The van der Waals surface area contributed by atoms with Crippen LogP contribution in [0.25, 0.3) is 0 Å². The number of methoxy groups -OCH3 is 1. The zero-order chi connectivity index (χ0) is 14.4. The van der Waals surface area contributed by atoms with Crippen LogP contribution in [-0.4, -0.2) is 54.1 Å². The van der Waals surface area contributed by atoms with Gasteiger partial charge in [0.2, 0.25) is 0 Å². The number of likely N-dealkylation sites (tertiary alicyclic amines) is 1. The van der Waals surface area contributed by atoms with Gasteiger partial charge in [-0.2, -0.15) is 0 Å². The fourth-order valence-corrected chi connectivity index (χ4v) is 2.44. The molecule has 0 atom stereocenters. The molecule has 110 valence electrons. The summed E-state index contributed by atoms with van der Waals surface area (Å²) >= 11 is 0. The molecule has 1 aromatic rings. The average Bonchev–Trinajstić information content (AvgIpc) is 2.48. The number of carbonyl (C=O) groups is 1. The van der Waals surface area contributed by atoms with E-state index in [1.807, 2.05) is 11.8 Å². The third-order valence-electron chi connectivity index (χ3n) is 3.52. The van der Waals surface area contributed by atoms with Gasteiger partial charge in [-0.25, -0.2) is 4.98 Å². The lowest BCUT2D eigenvalue weighted by atomic mass is 9.97. The van der Waals surface area contributed by atoms with Crippen molar-refractivity contribution in [3.05, 3.63) is 18.1 Å². The number of ether oxygens (including phenoxy) is 1. The van der Waals surface area contributed by atoms with Crippen LogP contribution in [0.1, 0.15) is 30.3 Å². The minimum absolute atomic E-state index is 0.0341. The molecule has 0 aliphatic carbocycles. The van der Waals surface area contributed by atoms with E-state index in [-0.39, 0.29) is 5.91 Å². The van der Waals surface area contributed by atoms with Crippen molar-refractivity contribution in [1.82, 2.24) is 14.9 Å². The van der Waals surface area contributed by atoms with Crippen molar-refractivity contribution >= 4 is 11.7 Å². The van der Waals surface area contributed by atoms with Crippen molar-refractivity contribution in [3.8, 4) is 0 Å². The predicted molar refractivity (Wildman–Crippen MR) is 76.7 cm³/mol. The van der Waals surface area contributed by atoms with Gasteiger partial charge in [0.15, 0.2) is 0 Å². The largest absolute Gasteiger partial charge is 0.384 e. The highest BCUT2D eigenvalue weighted by molar-refractivity contribution is 5.92. The van der Waals surface area contributed by atoms with Crippen LogP contribution in [0, 0.1) is 5.92 Å². The molecule has 1 aliphatic rings. The molecule has 2 rings (SSSR count). The van der Waals surface area contributed by atoms with Crippen LogP contribution in [0.3, 0.4) is 0 Å². The minimum atomic E-state index is -0.0341. The molecule has 1 saturated heterocycles. The van der Waals surface area contributed by atoms with Gasteiger partial charge in [-0.15, -0.1) is 0 Å². The van der Waals surface area contributed by atoms with Crippen LogP contribution < -0.4 is 5.32 Å². The number of rotatable bonds is 5. The van der Waals surface area contributed by atoms with Gasteiger partial charge in [0.1, 0.15) is 11.5 Å². The fraction of sp³-hybridized carbons (Fsp3) is 0.643. The van der Waals surface area contributed by atoms with Crippen molar-refractivity contribution in [3.63, 3.8) is 0 Å². The third-order valence-corrected chi connectivity index (χ3v) is 3.52. The molecule has 1 fully saturated rings. The SMILES string of the molecule is CCNc1cncc(C(=O)N2CCC(COC)CC2)n1. The second-order valence-corrected chi connectivity index (χ2v) is 5.01. The predicted octanol–water partition coefficient (Wildman–Crippen LogP) is 1.41. The minimum Gasteiger partial charge on any atom is -0.384 e. The number of hydrogen-bond acceptors (Lipinski definition) is 5. The van der Waals surface area contributed by atoms with Crippen LogP contribution in [0.15, 0.2) is 12.4 Å². The highest BCUT2D eigenvalue weighted by Crippen LogP contribution is 2.18. The lowest BCUT2D eigenvalue weighted by Crippen LogP contribution is -2.39. The smallest absolute Gasteiger partial charge is 0.274 e. The summed E-state index contributed by atoms with van der Waals surface area (Å²) in [6, 6.07) is 0. The van der Waals surface area contributed by atoms with Crippen molar-refractivity contribution in [2.75, 3.05) is 38.7 Å². The Morgan fingerprint density at radius 2 is 2.20 bits per heavy atom. The summed E-state index contributed by atoms with van der Waals surface area (Å²) < 4.78 is 5.17. The standard InChI is InChI=1S/C14H22N4O2/c1-3-16-13-9-15-8-12(17-13)14(19)18-6-4-11(5-7-18)10-20-2/h8-9,11H,3-7,10H2,1-2H3,(H,16,17). The Labute approximate surface area is 119 Å². The van der Waals surface area contributed by atoms with E-state index in [9.17, 15) is 4.79 Å². The zero-order valence-electron chi connectivity index (χ0n) is 12.1. The highest BCUT2D eigenvalue weighted by Gasteiger charge is 2.24. The van der Waals surface area contributed by atoms with Crippen molar-refractivity contribution < 1.29 is 9.53 Å². The maximum atomic E-state index is 12.4. The van der Waals surface area contributed by atoms with E-state index in [2.05, 4.69) is 15.3 Å². The molecule has 6 heteroatoms. The van der Waals surface area contributed by atoms with Gasteiger partial charge < -0.3 is 15.0 Å². The number of nitrogens with zero attached hydrogens (tertiary/aromatic N) is 3. The Morgan fingerprint density at radius 1 is 1.45 bits per heavy atom. The summed E-state index contributed by atoms with van der Waals surface area (Å²) in [6.07, 6.45) is 5.13. The van der Waals surface area contributed by atoms with Crippen molar-refractivity contribution in [2.24, 2.45) is 5.92 Å². The summed E-state index contributed by atoms with van der Waals surface area (Å²) in [6.45, 7) is 5.04. The number of amides is 1. The molecule has 20 heavy (non-hydrogen) atoms. The van der Waals surface area contributed by atoms with E-state index < -0.39 is 0 Å². The molecule has 1 aromatic heterocycles. The molecule has 2 heterocycles. The van der Waals surface area contributed by atoms with Gasteiger partial charge in [0.25, 0.3) is 5.91 Å². The van der Waals surface area contributed by atoms with Crippen LogP contribution in [0.2, 0.25) is 0 Å². The van der Waals surface area contributed by atoms with Gasteiger partial charge in [0.05, 0.1) is 12.4 Å². The van der Waals surface area contributed by atoms with Gasteiger partial charge in [-0.1, -0.05) is 0 Å². The van der Waals surface area contributed by atoms with Crippen LogP contribution >= 0.6 is 0 Å². The molecule has 0 bridgehead atoms. The monoisotopic (exact) mass is 278 g/mol. The second kappa shape index (κ2) is 7.19. The first kappa shape index (κ1) is 14.7. The van der Waals surface area contributed by atoms with E-state index in [1.54, 1.807) is 13.3 Å². The molecule has 0 saturated carbocycles. The number of piperidine rings is 1. The lowest BCUT2D eigenvalue weighted by Gasteiger charge is -2.31. The first-order valence-corrected chi connectivity index (χ1v) is 7.08. The second-order valence-electron chi connectivity index (χ2n) is 5.01. The first-order chi connectivity index (χ1) is 9.74. The third kappa shape index (κ3) is 3.66. The Hall–Kier alpha value is -1.69. The maximum Gasteiger partial charge on any atom is 0.274 e. The zero-order valence-corrected chi connectivity index (χ0v) is 12.1. The molecule has 0 aromatic carbocycles. The Balaban J connectivity index is 1.96. The number of hydrogen-bond donors (Lipinski definition) is 1. The van der Waals surface area contributed by atoms with Gasteiger partial charge in [-0.05, 0) is 25.7 Å². The normalized spacial score (nSPS) is 16.2. The summed E-state index contributed by atoms with van der Waals surface area (Å²) in [5.41, 5.74) is 0.411. The number of anilines is 1. The fourth-order valence-electron chi connectivity index (χ4n) is 2.44. The van der Waals surface area contributed by atoms with Crippen molar-refractivity contribution in [1.29, 1.82) is 0 Å². The van der Waals surface area contributed by atoms with Crippen LogP contribution in [-0.2, 0) is 4.74 Å². The maximum absolute atomic E-state index is 12.4. The molecule has 0 radical (unpaired) electrons. The molecule has 1 aliphatic heterocycles. The van der Waals surface area contributed by atoms with Gasteiger partial charge in [-0.3, -0.25) is 9.78 Å². The van der Waals surface area contributed by atoms with Crippen LogP contribution in [0.4, 0.5) is 5.82 Å². The average molecular weight is 278 g/mol. The van der Waals surface area contributed by atoms with E-state index in [1.165, 1.54) is 6.20 Å². The van der Waals surface area contributed by atoms with Gasteiger partial charge >= 0.3 is 0 Å². The Kier molecular flexibility index (Phi) is 5.29. The van der Waals surface area contributed by atoms with Gasteiger partial charge in [0, 0.05) is 33.4 Å². The molecule has 0 spiro atoms. The number of carbonyl (C=O) groups excluding carboxylic acids is 1. The summed E-state index contributed by atoms with van der Waals surface area (Å²) in [4.78, 5) is 22.6. The summed E-state index contributed by atoms with van der Waals surface area (Å²) in [5, 5.41) is 3.07.